The Hall–Kier alpha value is -3.33. The number of benzene rings is 2. The van der Waals surface area contributed by atoms with E-state index in [4.69, 9.17) is 9.47 Å². The molecule has 0 spiro atoms. The molecule has 0 saturated carbocycles. The van der Waals surface area contributed by atoms with Crippen molar-refractivity contribution < 1.29 is 14.3 Å². The van der Waals surface area contributed by atoms with Gasteiger partial charge in [0.2, 0.25) is 17.9 Å². The number of fused-ring (bicyclic) bond motifs is 4. The highest BCUT2D eigenvalue weighted by molar-refractivity contribution is 7.99. The fourth-order valence-corrected chi connectivity index (χ4v) is 3.84. The van der Waals surface area contributed by atoms with E-state index in [-0.39, 0.29) is 24.5 Å². The molecule has 0 bridgehead atoms. The van der Waals surface area contributed by atoms with E-state index < -0.39 is 0 Å². The number of aromatic amines is 1. The van der Waals surface area contributed by atoms with Crippen LogP contribution >= 0.6 is 11.8 Å². The molecule has 2 aromatic heterocycles. The molecule has 0 unspecified atom stereocenters. The monoisotopic (exact) mass is 407 g/mol. The number of para-hydroxylation sites is 1. The van der Waals surface area contributed by atoms with Crippen LogP contribution in [0.25, 0.3) is 22.1 Å². The summed E-state index contributed by atoms with van der Waals surface area (Å²) >= 11 is 1.25. The molecule has 146 valence electrons. The molecule has 29 heavy (non-hydrogen) atoms. The van der Waals surface area contributed by atoms with Crippen molar-refractivity contribution in [3.05, 3.63) is 48.0 Å². The summed E-state index contributed by atoms with van der Waals surface area (Å²) < 4.78 is 10.7. The summed E-state index contributed by atoms with van der Waals surface area (Å²) in [5.41, 5.74) is 3.30. The van der Waals surface area contributed by atoms with Crippen LogP contribution in [0.2, 0.25) is 0 Å². The lowest BCUT2D eigenvalue weighted by molar-refractivity contribution is -0.119. The van der Waals surface area contributed by atoms with Crippen LogP contribution < -0.4 is 14.8 Å². The van der Waals surface area contributed by atoms with Gasteiger partial charge in [-0.25, -0.2) is 4.98 Å². The Morgan fingerprint density at radius 1 is 1.21 bits per heavy atom. The summed E-state index contributed by atoms with van der Waals surface area (Å²) in [7, 11) is 0. The van der Waals surface area contributed by atoms with Crippen molar-refractivity contribution in [2.24, 2.45) is 0 Å². The third kappa shape index (κ3) is 3.44. The maximum atomic E-state index is 12.4. The molecule has 0 radical (unpaired) electrons. The van der Waals surface area contributed by atoms with Crippen molar-refractivity contribution >= 4 is 39.7 Å². The maximum absolute atomic E-state index is 12.4. The van der Waals surface area contributed by atoms with Crippen molar-refractivity contribution in [1.82, 2.24) is 25.5 Å². The van der Waals surface area contributed by atoms with E-state index in [1.54, 1.807) is 0 Å². The minimum atomic E-state index is -0.159. The number of aromatic nitrogens is 4. The fourth-order valence-electron chi connectivity index (χ4n) is 3.25. The number of amides is 1. The Balaban J connectivity index is 1.23. The van der Waals surface area contributed by atoms with Gasteiger partial charge in [0.05, 0.1) is 11.8 Å². The predicted octanol–water partition coefficient (Wildman–Crippen LogP) is 3.20. The SMILES string of the molecule is C[C@@H](NC(=O)CSc1nnc2c(n1)[nH]c1ccccc12)c1ccc2c(c1)OCO2. The van der Waals surface area contributed by atoms with Crippen molar-refractivity contribution in [3.63, 3.8) is 0 Å². The van der Waals surface area contributed by atoms with Crippen LogP contribution in [-0.2, 0) is 4.79 Å². The first-order chi connectivity index (χ1) is 14.2. The van der Waals surface area contributed by atoms with Crippen LogP contribution in [0.4, 0.5) is 0 Å². The molecule has 3 heterocycles. The molecular weight excluding hydrogens is 390 g/mol. The lowest BCUT2D eigenvalue weighted by Crippen LogP contribution is -2.28. The highest BCUT2D eigenvalue weighted by atomic mass is 32.2. The first-order valence-electron chi connectivity index (χ1n) is 9.10. The number of hydrogen-bond acceptors (Lipinski definition) is 7. The summed E-state index contributed by atoms with van der Waals surface area (Å²) in [6.07, 6.45) is 0. The van der Waals surface area contributed by atoms with E-state index >= 15 is 0 Å². The van der Waals surface area contributed by atoms with Crippen molar-refractivity contribution in [3.8, 4) is 11.5 Å². The molecule has 1 atom stereocenters. The van der Waals surface area contributed by atoms with Gasteiger partial charge in [-0.05, 0) is 30.7 Å². The van der Waals surface area contributed by atoms with Gasteiger partial charge < -0.3 is 19.8 Å². The molecule has 1 amide bonds. The molecule has 0 aliphatic carbocycles. The van der Waals surface area contributed by atoms with Crippen LogP contribution in [0.5, 0.6) is 11.5 Å². The normalized spacial score (nSPS) is 13.7. The summed E-state index contributed by atoms with van der Waals surface area (Å²) in [4.78, 5) is 20.1. The van der Waals surface area contributed by atoms with E-state index in [0.29, 0.717) is 16.6 Å². The smallest absolute Gasteiger partial charge is 0.231 e. The number of thioether (sulfide) groups is 1. The van der Waals surface area contributed by atoms with Crippen LogP contribution in [0.1, 0.15) is 18.5 Å². The quantitative estimate of drug-likeness (QED) is 0.490. The molecule has 0 saturated heterocycles. The van der Waals surface area contributed by atoms with Gasteiger partial charge in [0.25, 0.3) is 0 Å². The summed E-state index contributed by atoms with van der Waals surface area (Å²) in [5.74, 6) is 1.51. The first kappa shape index (κ1) is 17.7. The minimum absolute atomic E-state index is 0.111. The Labute approximate surface area is 170 Å². The van der Waals surface area contributed by atoms with Gasteiger partial charge in [0, 0.05) is 10.9 Å². The lowest BCUT2D eigenvalue weighted by Gasteiger charge is -2.14. The van der Waals surface area contributed by atoms with Gasteiger partial charge in [-0.3, -0.25) is 4.79 Å². The largest absolute Gasteiger partial charge is 0.454 e. The van der Waals surface area contributed by atoms with E-state index in [9.17, 15) is 4.79 Å². The first-order valence-corrected chi connectivity index (χ1v) is 10.1. The number of carbonyl (C=O) groups is 1. The molecule has 1 aliphatic heterocycles. The zero-order valence-electron chi connectivity index (χ0n) is 15.5. The number of hydrogen-bond donors (Lipinski definition) is 2. The summed E-state index contributed by atoms with van der Waals surface area (Å²) in [6.45, 7) is 2.15. The summed E-state index contributed by atoms with van der Waals surface area (Å²) in [5, 5.41) is 12.8. The van der Waals surface area contributed by atoms with Crippen LogP contribution in [0.3, 0.4) is 0 Å². The molecule has 4 aromatic rings. The molecule has 2 N–H and O–H groups in total. The summed E-state index contributed by atoms with van der Waals surface area (Å²) in [6, 6.07) is 13.3. The average Bonchev–Trinajstić information content (AvgIpc) is 3.35. The second-order valence-electron chi connectivity index (χ2n) is 6.65. The number of carbonyl (C=O) groups excluding carboxylic acids is 1. The third-order valence-electron chi connectivity index (χ3n) is 4.71. The topological polar surface area (TPSA) is 102 Å². The molecule has 8 nitrogen and oxygen atoms in total. The average molecular weight is 407 g/mol. The predicted molar refractivity (Wildman–Crippen MR) is 109 cm³/mol. The second-order valence-corrected chi connectivity index (χ2v) is 7.60. The lowest BCUT2D eigenvalue weighted by atomic mass is 10.1. The van der Waals surface area contributed by atoms with Gasteiger partial charge >= 0.3 is 0 Å². The van der Waals surface area contributed by atoms with Gasteiger partial charge in [0.15, 0.2) is 17.1 Å². The number of H-pyrrole nitrogens is 1. The number of nitrogens with one attached hydrogen (secondary N) is 2. The van der Waals surface area contributed by atoms with Crippen molar-refractivity contribution in [2.45, 2.75) is 18.1 Å². The van der Waals surface area contributed by atoms with Crippen LogP contribution in [0.15, 0.2) is 47.6 Å². The number of rotatable bonds is 5. The van der Waals surface area contributed by atoms with E-state index in [1.165, 1.54) is 11.8 Å². The van der Waals surface area contributed by atoms with Crippen molar-refractivity contribution in [2.75, 3.05) is 12.5 Å². The number of ether oxygens (including phenoxy) is 2. The second kappa shape index (κ2) is 7.25. The molecular formula is C20H17N5O3S. The minimum Gasteiger partial charge on any atom is -0.454 e. The molecule has 2 aromatic carbocycles. The molecule has 9 heteroatoms. The molecule has 5 rings (SSSR count). The maximum Gasteiger partial charge on any atom is 0.231 e. The Morgan fingerprint density at radius 3 is 3.00 bits per heavy atom. The number of nitrogens with zero attached hydrogens (tertiary/aromatic N) is 3. The van der Waals surface area contributed by atoms with E-state index in [1.807, 2.05) is 49.4 Å². The van der Waals surface area contributed by atoms with E-state index in [0.717, 1.165) is 27.7 Å². The van der Waals surface area contributed by atoms with Gasteiger partial charge in [-0.15, -0.1) is 10.2 Å². The highest BCUT2D eigenvalue weighted by Crippen LogP contribution is 2.34. The zero-order chi connectivity index (χ0) is 19.8. The van der Waals surface area contributed by atoms with Crippen LogP contribution in [-0.4, -0.2) is 38.6 Å². The highest BCUT2D eigenvalue weighted by Gasteiger charge is 2.17. The Morgan fingerprint density at radius 2 is 2.07 bits per heavy atom. The van der Waals surface area contributed by atoms with Crippen molar-refractivity contribution in [1.29, 1.82) is 0 Å². The molecule has 1 aliphatic rings. The van der Waals surface area contributed by atoms with Crippen LogP contribution in [0, 0.1) is 0 Å². The van der Waals surface area contributed by atoms with Gasteiger partial charge in [-0.1, -0.05) is 36.0 Å². The molecule has 0 fully saturated rings. The van der Waals surface area contributed by atoms with Gasteiger partial charge in [0.1, 0.15) is 5.52 Å². The van der Waals surface area contributed by atoms with Gasteiger partial charge in [-0.2, -0.15) is 0 Å². The third-order valence-corrected chi connectivity index (χ3v) is 5.55. The van der Waals surface area contributed by atoms with E-state index in [2.05, 4.69) is 25.5 Å². The Bertz CT molecular complexity index is 1230. The zero-order valence-corrected chi connectivity index (χ0v) is 16.3. The Kier molecular flexibility index (Phi) is 4.44. The fraction of sp³-hybridized carbons (Fsp3) is 0.200. The standard InChI is InChI=1S/C20H17N5O3S/c1-11(12-6-7-15-16(8-12)28-10-27-15)21-17(26)9-29-20-23-19-18(24-25-20)13-4-2-3-5-14(13)22-19/h2-8,11H,9-10H2,1H3,(H,21,26)(H,22,23,25)/t11-/m1/s1.